The van der Waals surface area contributed by atoms with Crippen LogP contribution in [0.3, 0.4) is 0 Å². The average Bonchev–Trinajstić information content (AvgIpc) is 2.96. The number of imidazole rings is 1. The molecule has 0 saturated heterocycles. The Morgan fingerprint density at radius 3 is 2.86 bits per heavy atom. The van der Waals surface area contributed by atoms with Crippen molar-refractivity contribution < 1.29 is 9.72 Å². The van der Waals surface area contributed by atoms with Crippen LogP contribution < -0.4 is 16.6 Å². The van der Waals surface area contributed by atoms with Gasteiger partial charge in [-0.25, -0.2) is 4.98 Å². The largest absolute Gasteiger partial charge is 0.347 e. The van der Waals surface area contributed by atoms with Gasteiger partial charge in [0.05, 0.1) is 16.5 Å². The Kier molecular flexibility index (Phi) is 4.36. The SMILES string of the molecule is NNc1c(Cl)cc(C(=O)NCc2ncc[nH]2)cc1[N+](=O)[O-]. The molecule has 0 aliphatic carbocycles. The molecular weight excluding hydrogens is 300 g/mol. The summed E-state index contributed by atoms with van der Waals surface area (Å²) in [6, 6.07) is 2.39. The molecule has 0 atom stereocenters. The number of carbonyl (C=O) groups excluding carboxylic acids is 1. The molecule has 1 aromatic heterocycles. The Hall–Kier alpha value is -2.65. The van der Waals surface area contributed by atoms with E-state index in [0.29, 0.717) is 5.82 Å². The van der Waals surface area contributed by atoms with Crippen molar-refractivity contribution in [3.8, 4) is 0 Å². The minimum Gasteiger partial charge on any atom is -0.347 e. The highest BCUT2D eigenvalue weighted by atomic mass is 35.5. The first kappa shape index (κ1) is 14.8. The second-order valence-corrected chi connectivity index (χ2v) is 4.38. The number of nitrogens with two attached hydrogens (primary N) is 1. The molecule has 2 aromatic rings. The number of nitrogen functional groups attached to an aromatic ring is 1. The summed E-state index contributed by atoms with van der Waals surface area (Å²) in [7, 11) is 0. The van der Waals surface area contributed by atoms with Gasteiger partial charge in [-0.2, -0.15) is 0 Å². The number of benzene rings is 1. The third-order valence-electron chi connectivity index (χ3n) is 2.64. The van der Waals surface area contributed by atoms with Crippen molar-refractivity contribution in [2.45, 2.75) is 6.54 Å². The summed E-state index contributed by atoms with van der Waals surface area (Å²) in [6.45, 7) is 0.161. The summed E-state index contributed by atoms with van der Waals surface area (Å²) >= 11 is 5.88. The van der Waals surface area contributed by atoms with Gasteiger partial charge in [-0.3, -0.25) is 20.8 Å². The number of nitro benzene ring substituents is 1. The van der Waals surface area contributed by atoms with Gasteiger partial charge >= 0.3 is 0 Å². The summed E-state index contributed by atoms with van der Waals surface area (Å²) in [6.07, 6.45) is 3.16. The van der Waals surface area contributed by atoms with E-state index in [1.54, 1.807) is 12.4 Å². The van der Waals surface area contributed by atoms with Crippen LogP contribution in [0.15, 0.2) is 24.5 Å². The summed E-state index contributed by atoms with van der Waals surface area (Å²) in [5, 5.41) is 13.5. The van der Waals surface area contributed by atoms with Crippen LogP contribution in [0.25, 0.3) is 0 Å². The van der Waals surface area contributed by atoms with E-state index < -0.39 is 10.8 Å². The van der Waals surface area contributed by atoms with Gasteiger partial charge < -0.3 is 15.7 Å². The third-order valence-corrected chi connectivity index (χ3v) is 2.94. The standard InChI is InChI=1S/C11H11ClN6O3/c12-7-3-6(4-8(18(20)21)10(7)17-13)11(19)16-5-9-14-1-2-15-9/h1-4,17H,5,13H2,(H,14,15)(H,16,19). The zero-order valence-corrected chi connectivity index (χ0v) is 11.3. The Morgan fingerprint density at radius 2 is 2.29 bits per heavy atom. The van der Waals surface area contributed by atoms with E-state index in [4.69, 9.17) is 17.4 Å². The fourth-order valence-corrected chi connectivity index (χ4v) is 1.94. The lowest BCUT2D eigenvalue weighted by Gasteiger charge is -2.08. The molecule has 0 unspecified atom stereocenters. The molecule has 0 aliphatic rings. The average molecular weight is 311 g/mol. The minimum absolute atomic E-state index is 0.0187. The molecule has 21 heavy (non-hydrogen) atoms. The predicted molar refractivity (Wildman–Crippen MR) is 75.7 cm³/mol. The third kappa shape index (κ3) is 3.27. The van der Waals surface area contributed by atoms with Gasteiger partial charge in [-0.1, -0.05) is 11.6 Å². The van der Waals surface area contributed by atoms with E-state index in [2.05, 4.69) is 20.7 Å². The lowest BCUT2D eigenvalue weighted by molar-refractivity contribution is -0.384. The number of hydrazine groups is 1. The van der Waals surface area contributed by atoms with Crippen molar-refractivity contribution in [3.63, 3.8) is 0 Å². The molecule has 0 aliphatic heterocycles. The fourth-order valence-electron chi connectivity index (χ4n) is 1.67. The van der Waals surface area contributed by atoms with Crippen LogP contribution in [-0.4, -0.2) is 20.8 Å². The maximum absolute atomic E-state index is 12.0. The van der Waals surface area contributed by atoms with E-state index >= 15 is 0 Å². The van der Waals surface area contributed by atoms with Crippen LogP contribution >= 0.6 is 11.6 Å². The molecule has 9 nitrogen and oxygen atoms in total. The van der Waals surface area contributed by atoms with Crippen molar-refractivity contribution >= 4 is 28.9 Å². The zero-order chi connectivity index (χ0) is 15.4. The molecule has 1 amide bonds. The second-order valence-electron chi connectivity index (χ2n) is 3.97. The first-order chi connectivity index (χ1) is 10.0. The number of rotatable bonds is 5. The highest BCUT2D eigenvalue weighted by molar-refractivity contribution is 6.34. The van der Waals surface area contributed by atoms with Crippen LogP contribution in [0.2, 0.25) is 5.02 Å². The van der Waals surface area contributed by atoms with E-state index in [1.807, 2.05) is 0 Å². The van der Waals surface area contributed by atoms with Gasteiger partial charge in [0.2, 0.25) is 0 Å². The van der Waals surface area contributed by atoms with Gasteiger partial charge in [0.25, 0.3) is 11.6 Å². The lowest BCUT2D eigenvalue weighted by Crippen LogP contribution is -2.23. The number of hydrogen-bond acceptors (Lipinski definition) is 6. The zero-order valence-electron chi connectivity index (χ0n) is 10.6. The Bertz CT molecular complexity index is 673. The second kappa shape index (κ2) is 6.20. The van der Waals surface area contributed by atoms with E-state index in [1.165, 1.54) is 6.07 Å². The quantitative estimate of drug-likeness (QED) is 0.371. The number of nitrogens with zero attached hydrogens (tertiary/aromatic N) is 2. The molecule has 1 aromatic carbocycles. The number of anilines is 1. The number of amides is 1. The minimum atomic E-state index is -0.676. The van der Waals surface area contributed by atoms with Crippen molar-refractivity contribution in [2.24, 2.45) is 5.84 Å². The van der Waals surface area contributed by atoms with Gasteiger partial charge in [-0.15, -0.1) is 0 Å². The number of H-pyrrole nitrogens is 1. The van der Waals surface area contributed by atoms with E-state index in [0.717, 1.165) is 6.07 Å². The van der Waals surface area contributed by atoms with Crippen LogP contribution in [-0.2, 0) is 6.54 Å². The number of halogens is 1. The number of nitrogens with one attached hydrogen (secondary N) is 3. The summed E-state index contributed by atoms with van der Waals surface area (Å²) in [5.41, 5.74) is 1.77. The molecule has 110 valence electrons. The molecule has 1 heterocycles. The van der Waals surface area contributed by atoms with Gasteiger partial charge in [0, 0.05) is 24.0 Å². The monoisotopic (exact) mass is 310 g/mol. The first-order valence-corrected chi connectivity index (χ1v) is 6.11. The van der Waals surface area contributed by atoms with Crippen molar-refractivity contribution in [1.29, 1.82) is 0 Å². The summed E-state index contributed by atoms with van der Waals surface area (Å²) in [4.78, 5) is 29.0. The maximum atomic E-state index is 12.0. The van der Waals surface area contributed by atoms with Crippen LogP contribution in [0.1, 0.15) is 16.2 Å². The highest BCUT2D eigenvalue weighted by Gasteiger charge is 2.20. The molecule has 5 N–H and O–H groups in total. The molecule has 2 rings (SSSR count). The number of carbonyl (C=O) groups is 1. The normalized spacial score (nSPS) is 10.2. The topological polar surface area (TPSA) is 139 Å². The van der Waals surface area contributed by atoms with Gasteiger partial charge in [-0.05, 0) is 6.07 Å². The Balaban J connectivity index is 2.23. The summed E-state index contributed by atoms with van der Waals surface area (Å²) in [5.74, 6) is 5.23. The maximum Gasteiger partial charge on any atom is 0.295 e. The van der Waals surface area contributed by atoms with Crippen LogP contribution in [0.4, 0.5) is 11.4 Å². The van der Waals surface area contributed by atoms with Crippen molar-refractivity contribution in [2.75, 3.05) is 5.43 Å². The summed E-state index contributed by atoms with van der Waals surface area (Å²) < 4.78 is 0. The number of hydrogen-bond donors (Lipinski definition) is 4. The van der Waals surface area contributed by atoms with E-state index in [9.17, 15) is 14.9 Å². The van der Waals surface area contributed by atoms with E-state index in [-0.39, 0.29) is 28.5 Å². The lowest BCUT2D eigenvalue weighted by atomic mass is 10.1. The molecule has 0 bridgehead atoms. The molecule has 0 fully saturated rings. The predicted octanol–water partition coefficient (Wildman–Crippen LogP) is 1.19. The number of nitro groups is 1. The first-order valence-electron chi connectivity index (χ1n) is 5.74. The van der Waals surface area contributed by atoms with Gasteiger partial charge in [0.1, 0.15) is 11.5 Å². The molecule has 10 heteroatoms. The number of aromatic nitrogens is 2. The molecular formula is C11H11ClN6O3. The van der Waals surface area contributed by atoms with Crippen molar-refractivity contribution in [1.82, 2.24) is 15.3 Å². The highest BCUT2D eigenvalue weighted by Crippen LogP contribution is 2.32. The Labute approximate surface area is 123 Å². The Morgan fingerprint density at radius 1 is 1.52 bits per heavy atom. The van der Waals surface area contributed by atoms with Gasteiger partial charge in [0.15, 0.2) is 0 Å². The molecule has 0 spiro atoms. The fraction of sp³-hybridized carbons (Fsp3) is 0.0909. The van der Waals surface area contributed by atoms with Crippen molar-refractivity contribution in [3.05, 3.63) is 51.1 Å². The van der Waals surface area contributed by atoms with Crippen LogP contribution in [0, 0.1) is 10.1 Å². The molecule has 0 radical (unpaired) electrons. The smallest absolute Gasteiger partial charge is 0.295 e. The number of aromatic amines is 1. The van der Waals surface area contributed by atoms with Crippen LogP contribution in [0.5, 0.6) is 0 Å². The molecule has 0 saturated carbocycles.